The summed E-state index contributed by atoms with van der Waals surface area (Å²) >= 11 is 3.06. The van der Waals surface area contributed by atoms with E-state index in [0.29, 0.717) is 4.47 Å². The Hall–Kier alpha value is -1.05. The number of nitro groups is 1. The van der Waals surface area contributed by atoms with Crippen LogP contribution in [0.25, 0.3) is 0 Å². The van der Waals surface area contributed by atoms with Gasteiger partial charge in [0.05, 0.1) is 4.92 Å². The first kappa shape index (κ1) is 11.0. The van der Waals surface area contributed by atoms with Gasteiger partial charge >= 0.3 is 0 Å². The van der Waals surface area contributed by atoms with Gasteiger partial charge in [-0.1, -0.05) is 0 Å². The van der Waals surface area contributed by atoms with E-state index in [1.165, 1.54) is 12.3 Å². The summed E-state index contributed by atoms with van der Waals surface area (Å²) in [4.78, 5) is 13.7. The van der Waals surface area contributed by atoms with Crippen LogP contribution in [-0.2, 0) is 0 Å². The topological polar surface area (TPSA) is 102 Å². The zero-order valence-corrected chi connectivity index (χ0v) is 8.64. The average molecular weight is 262 g/mol. The Kier molecular flexibility index (Phi) is 3.50. The quantitative estimate of drug-likeness (QED) is 0.617. The number of hydrogen-bond donors (Lipinski definition) is 2. The lowest BCUT2D eigenvalue weighted by Crippen LogP contribution is -2.14. The zero-order valence-electron chi connectivity index (χ0n) is 7.05. The molecule has 0 fully saturated rings. The minimum absolute atomic E-state index is 0.0132. The highest BCUT2D eigenvalue weighted by Crippen LogP contribution is 2.25. The van der Waals surface area contributed by atoms with Crippen molar-refractivity contribution in [2.45, 2.75) is 6.10 Å². The number of nitrogens with zero attached hydrogens (tertiary/aromatic N) is 2. The van der Waals surface area contributed by atoms with Crippen molar-refractivity contribution in [1.29, 1.82) is 0 Å². The molecule has 0 amide bonds. The maximum absolute atomic E-state index is 10.6. The Morgan fingerprint density at radius 1 is 1.79 bits per heavy atom. The van der Waals surface area contributed by atoms with Crippen molar-refractivity contribution in [3.8, 4) is 0 Å². The molecule has 1 unspecified atom stereocenters. The van der Waals surface area contributed by atoms with Gasteiger partial charge in [-0.3, -0.25) is 15.1 Å². The Morgan fingerprint density at radius 2 is 2.43 bits per heavy atom. The summed E-state index contributed by atoms with van der Waals surface area (Å²) in [5.74, 6) is 0. The van der Waals surface area contributed by atoms with Crippen molar-refractivity contribution >= 4 is 21.6 Å². The Labute approximate surface area is 88.0 Å². The third-order valence-electron chi connectivity index (χ3n) is 1.60. The number of nitrogens with two attached hydrogens (primary N) is 1. The van der Waals surface area contributed by atoms with Gasteiger partial charge in [0.25, 0.3) is 5.69 Å². The minimum atomic E-state index is -1.11. The molecular formula is C7H8BrN3O3. The van der Waals surface area contributed by atoms with E-state index in [1.54, 1.807) is 0 Å². The second-order valence-electron chi connectivity index (χ2n) is 2.57. The maximum Gasteiger partial charge on any atom is 0.294 e. The normalized spacial score (nSPS) is 12.5. The molecule has 1 atom stereocenters. The van der Waals surface area contributed by atoms with Crippen LogP contribution >= 0.6 is 15.9 Å². The van der Waals surface area contributed by atoms with Gasteiger partial charge in [0.2, 0.25) is 0 Å². The molecule has 1 heterocycles. The Morgan fingerprint density at radius 3 is 2.93 bits per heavy atom. The van der Waals surface area contributed by atoms with Gasteiger partial charge in [-0.15, -0.1) is 0 Å². The predicted octanol–water partition coefficient (Wildman–Crippen LogP) is 0.744. The summed E-state index contributed by atoms with van der Waals surface area (Å²) < 4.78 is 0.483. The van der Waals surface area contributed by atoms with Crippen LogP contribution in [0.4, 0.5) is 5.69 Å². The first-order chi connectivity index (χ1) is 6.56. The molecule has 3 N–H and O–H groups in total. The first-order valence-electron chi connectivity index (χ1n) is 3.74. The largest absolute Gasteiger partial charge is 0.385 e. The molecule has 1 aromatic heterocycles. The third kappa shape index (κ3) is 2.25. The van der Waals surface area contributed by atoms with E-state index >= 15 is 0 Å². The molecule has 0 aliphatic heterocycles. The van der Waals surface area contributed by atoms with Crippen LogP contribution in [0.3, 0.4) is 0 Å². The van der Waals surface area contributed by atoms with Gasteiger partial charge < -0.3 is 10.8 Å². The summed E-state index contributed by atoms with van der Waals surface area (Å²) in [6.07, 6.45) is 0.268. The van der Waals surface area contributed by atoms with Crippen LogP contribution < -0.4 is 5.73 Å². The molecule has 0 aliphatic carbocycles. The van der Waals surface area contributed by atoms with Crippen molar-refractivity contribution in [1.82, 2.24) is 4.98 Å². The fourth-order valence-corrected chi connectivity index (χ4v) is 1.27. The molecular weight excluding hydrogens is 254 g/mol. The fourth-order valence-electron chi connectivity index (χ4n) is 0.954. The van der Waals surface area contributed by atoms with Crippen molar-refractivity contribution in [3.63, 3.8) is 0 Å². The number of rotatable bonds is 3. The average Bonchev–Trinajstić information content (AvgIpc) is 2.16. The number of aliphatic hydroxyl groups excluding tert-OH is 1. The van der Waals surface area contributed by atoms with Crippen molar-refractivity contribution in [2.75, 3.05) is 6.54 Å². The van der Waals surface area contributed by atoms with Gasteiger partial charge in [-0.2, -0.15) is 0 Å². The van der Waals surface area contributed by atoms with E-state index in [1.807, 2.05) is 0 Å². The van der Waals surface area contributed by atoms with E-state index in [0.717, 1.165) is 0 Å². The smallest absolute Gasteiger partial charge is 0.294 e. The van der Waals surface area contributed by atoms with E-state index < -0.39 is 11.0 Å². The first-order valence-corrected chi connectivity index (χ1v) is 4.53. The fraction of sp³-hybridized carbons (Fsp3) is 0.286. The van der Waals surface area contributed by atoms with Gasteiger partial charge in [-0.05, 0) is 15.9 Å². The molecule has 0 bridgehead atoms. The van der Waals surface area contributed by atoms with Gasteiger partial charge in [0, 0.05) is 23.3 Å². The monoisotopic (exact) mass is 261 g/mol. The molecule has 1 aromatic rings. The van der Waals surface area contributed by atoms with Crippen molar-refractivity contribution in [2.24, 2.45) is 5.73 Å². The molecule has 14 heavy (non-hydrogen) atoms. The Bertz CT molecular complexity index is 358. The predicted molar refractivity (Wildman–Crippen MR) is 52.6 cm³/mol. The molecule has 0 aliphatic rings. The second-order valence-corrected chi connectivity index (χ2v) is 3.48. The van der Waals surface area contributed by atoms with Crippen LogP contribution in [0.5, 0.6) is 0 Å². The summed E-state index contributed by atoms with van der Waals surface area (Å²) in [5.41, 5.74) is 4.94. The zero-order chi connectivity index (χ0) is 10.7. The van der Waals surface area contributed by atoms with E-state index in [-0.39, 0.29) is 17.9 Å². The van der Waals surface area contributed by atoms with Gasteiger partial charge in [0.15, 0.2) is 0 Å². The lowest BCUT2D eigenvalue weighted by Gasteiger charge is -2.07. The number of halogens is 1. The highest BCUT2D eigenvalue weighted by Gasteiger charge is 2.21. The molecule has 7 heteroatoms. The van der Waals surface area contributed by atoms with Gasteiger partial charge in [-0.25, -0.2) is 0 Å². The van der Waals surface area contributed by atoms with Crippen molar-refractivity contribution < 1.29 is 10.0 Å². The van der Waals surface area contributed by atoms with E-state index in [2.05, 4.69) is 20.9 Å². The number of hydrogen-bond acceptors (Lipinski definition) is 5. The SMILES string of the molecule is NCC(O)c1ncc(Br)cc1[N+](=O)[O-]. The summed E-state index contributed by atoms with van der Waals surface area (Å²) in [7, 11) is 0. The standard InChI is InChI=1S/C7H8BrN3O3/c8-4-1-5(11(13)14)7(10-3-4)6(12)2-9/h1,3,6,12H,2,9H2. The molecule has 76 valence electrons. The Balaban J connectivity index is 3.21. The lowest BCUT2D eigenvalue weighted by atomic mass is 10.2. The molecule has 0 saturated heterocycles. The molecule has 0 spiro atoms. The van der Waals surface area contributed by atoms with Crippen molar-refractivity contribution in [3.05, 3.63) is 32.5 Å². The lowest BCUT2D eigenvalue weighted by molar-refractivity contribution is -0.386. The number of aromatic nitrogens is 1. The summed E-state index contributed by atoms with van der Waals surface area (Å²) in [6, 6.07) is 1.28. The summed E-state index contributed by atoms with van der Waals surface area (Å²) in [6.45, 7) is -0.102. The van der Waals surface area contributed by atoms with Crippen LogP contribution in [0.1, 0.15) is 11.8 Å². The molecule has 1 rings (SSSR count). The third-order valence-corrected chi connectivity index (χ3v) is 2.03. The van der Waals surface area contributed by atoms with E-state index in [4.69, 9.17) is 5.73 Å². The minimum Gasteiger partial charge on any atom is -0.385 e. The highest BCUT2D eigenvalue weighted by atomic mass is 79.9. The number of pyridine rings is 1. The van der Waals surface area contributed by atoms with Crippen LogP contribution in [-0.4, -0.2) is 21.6 Å². The molecule has 0 aromatic carbocycles. The van der Waals surface area contributed by atoms with Gasteiger partial charge in [0.1, 0.15) is 11.8 Å². The number of aliphatic hydroxyl groups is 1. The van der Waals surface area contributed by atoms with Crippen LogP contribution in [0.15, 0.2) is 16.7 Å². The molecule has 0 radical (unpaired) electrons. The second kappa shape index (κ2) is 4.45. The van der Waals surface area contributed by atoms with E-state index in [9.17, 15) is 15.2 Å². The highest BCUT2D eigenvalue weighted by molar-refractivity contribution is 9.10. The maximum atomic E-state index is 10.6. The molecule has 0 saturated carbocycles. The summed E-state index contributed by atoms with van der Waals surface area (Å²) in [5, 5.41) is 19.9. The molecule has 6 nitrogen and oxygen atoms in total. The van der Waals surface area contributed by atoms with Crippen LogP contribution in [0.2, 0.25) is 0 Å². The van der Waals surface area contributed by atoms with Crippen LogP contribution in [0, 0.1) is 10.1 Å².